The monoisotopic (exact) mass is 193 g/mol. The first-order valence-corrected chi connectivity index (χ1v) is 4.75. The fourth-order valence-electron chi connectivity index (χ4n) is 1.22. The highest BCUT2D eigenvalue weighted by Gasteiger charge is 2.36. The fourth-order valence-corrected chi connectivity index (χ4v) is 1.22. The van der Waals surface area contributed by atoms with Gasteiger partial charge in [0, 0.05) is 12.7 Å². The summed E-state index contributed by atoms with van der Waals surface area (Å²) in [6, 6.07) is 1.84. The smallest absolute Gasteiger partial charge is 0.239 e. The molecule has 5 nitrogen and oxygen atoms in total. The lowest BCUT2D eigenvalue weighted by molar-refractivity contribution is 0.609. The Morgan fingerprint density at radius 2 is 2.36 bits per heavy atom. The van der Waals surface area contributed by atoms with Gasteiger partial charge in [-0.1, -0.05) is 6.92 Å². The number of nitrogens with one attached hydrogen (secondary N) is 2. The van der Waals surface area contributed by atoms with Gasteiger partial charge in [-0.25, -0.2) is 10.8 Å². The average molecular weight is 193 g/mol. The van der Waals surface area contributed by atoms with Crippen LogP contribution in [0.1, 0.15) is 19.8 Å². The maximum atomic E-state index is 5.21. The number of rotatable bonds is 4. The van der Waals surface area contributed by atoms with Gasteiger partial charge >= 0.3 is 0 Å². The van der Waals surface area contributed by atoms with Gasteiger partial charge in [-0.05, 0) is 24.3 Å². The molecular formula is C9H15N5. The van der Waals surface area contributed by atoms with Crippen molar-refractivity contribution in [2.75, 3.05) is 17.3 Å². The molecule has 5 heteroatoms. The van der Waals surface area contributed by atoms with Gasteiger partial charge in [0.15, 0.2) is 0 Å². The average Bonchev–Trinajstić information content (AvgIpc) is 2.95. The molecule has 1 saturated carbocycles. The lowest BCUT2D eigenvalue weighted by Gasteiger charge is -2.10. The zero-order valence-electron chi connectivity index (χ0n) is 8.25. The summed E-state index contributed by atoms with van der Waals surface area (Å²) in [5, 5.41) is 3.28. The summed E-state index contributed by atoms with van der Waals surface area (Å²) in [4.78, 5) is 8.09. The Hall–Kier alpha value is -1.36. The first-order valence-electron chi connectivity index (χ1n) is 4.75. The maximum absolute atomic E-state index is 5.21. The van der Waals surface area contributed by atoms with Crippen LogP contribution in [0.3, 0.4) is 0 Å². The summed E-state index contributed by atoms with van der Waals surface area (Å²) in [6.45, 7) is 3.23. The van der Waals surface area contributed by atoms with Crippen molar-refractivity contribution < 1.29 is 0 Å². The van der Waals surface area contributed by atoms with Crippen molar-refractivity contribution in [3.8, 4) is 0 Å². The Morgan fingerprint density at radius 3 is 3.00 bits per heavy atom. The zero-order chi connectivity index (χ0) is 10.0. The van der Waals surface area contributed by atoms with Crippen molar-refractivity contribution in [3.05, 3.63) is 12.3 Å². The van der Waals surface area contributed by atoms with Crippen LogP contribution in [0.4, 0.5) is 11.8 Å². The van der Waals surface area contributed by atoms with Gasteiger partial charge in [0.05, 0.1) is 0 Å². The van der Waals surface area contributed by atoms with Crippen LogP contribution in [-0.2, 0) is 0 Å². The third-order valence-electron chi connectivity index (χ3n) is 2.58. The number of nitrogens with zero attached hydrogens (tertiary/aromatic N) is 2. The van der Waals surface area contributed by atoms with E-state index in [1.54, 1.807) is 6.20 Å². The third-order valence-corrected chi connectivity index (χ3v) is 2.58. The van der Waals surface area contributed by atoms with Crippen LogP contribution in [0, 0.1) is 5.41 Å². The van der Waals surface area contributed by atoms with Crippen molar-refractivity contribution in [2.24, 2.45) is 11.3 Å². The molecule has 4 N–H and O–H groups in total. The van der Waals surface area contributed by atoms with Crippen LogP contribution in [0.5, 0.6) is 0 Å². The number of hydrazine groups is 1. The van der Waals surface area contributed by atoms with Crippen LogP contribution in [0.15, 0.2) is 12.3 Å². The van der Waals surface area contributed by atoms with E-state index in [1.165, 1.54) is 12.8 Å². The number of aromatic nitrogens is 2. The molecule has 14 heavy (non-hydrogen) atoms. The highest BCUT2D eigenvalue weighted by molar-refractivity contribution is 5.39. The standard InChI is InChI=1S/C9H15N5/c1-9(3-4-9)6-12-7-2-5-11-8(13-7)14-10/h2,5H,3-4,6,10H2,1H3,(H2,11,12,13,14). The summed E-state index contributed by atoms with van der Waals surface area (Å²) in [5.41, 5.74) is 2.89. The summed E-state index contributed by atoms with van der Waals surface area (Å²) >= 11 is 0. The molecule has 1 aliphatic carbocycles. The molecule has 1 aromatic rings. The second-order valence-electron chi connectivity index (χ2n) is 4.07. The van der Waals surface area contributed by atoms with Crippen LogP contribution >= 0.6 is 0 Å². The van der Waals surface area contributed by atoms with E-state index in [4.69, 9.17) is 5.84 Å². The van der Waals surface area contributed by atoms with E-state index in [0.717, 1.165) is 12.4 Å². The van der Waals surface area contributed by atoms with Gasteiger partial charge in [0.25, 0.3) is 0 Å². The van der Waals surface area contributed by atoms with Gasteiger partial charge in [-0.2, -0.15) is 4.98 Å². The molecule has 1 fully saturated rings. The molecule has 0 amide bonds. The van der Waals surface area contributed by atoms with Crippen LogP contribution in [-0.4, -0.2) is 16.5 Å². The van der Waals surface area contributed by atoms with Gasteiger partial charge in [-0.3, -0.25) is 5.43 Å². The number of anilines is 2. The second kappa shape index (κ2) is 3.42. The first kappa shape index (κ1) is 9.21. The van der Waals surface area contributed by atoms with E-state index in [9.17, 15) is 0 Å². The predicted octanol–water partition coefficient (Wildman–Crippen LogP) is 0.974. The Morgan fingerprint density at radius 1 is 1.57 bits per heavy atom. The second-order valence-corrected chi connectivity index (χ2v) is 4.07. The Balaban J connectivity index is 1.94. The summed E-state index contributed by atoms with van der Waals surface area (Å²) in [7, 11) is 0. The molecule has 2 rings (SSSR count). The quantitative estimate of drug-likeness (QED) is 0.491. The molecule has 0 atom stereocenters. The minimum Gasteiger partial charge on any atom is -0.369 e. The third kappa shape index (κ3) is 2.11. The van der Waals surface area contributed by atoms with Gasteiger partial charge in [0.1, 0.15) is 5.82 Å². The molecule has 1 aliphatic rings. The first-order chi connectivity index (χ1) is 6.72. The molecule has 0 saturated heterocycles. The largest absolute Gasteiger partial charge is 0.369 e. The number of nitrogens with two attached hydrogens (primary N) is 1. The van der Waals surface area contributed by atoms with Crippen molar-refractivity contribution in [2.45, 2.75) is 19.8 Å². The highest BCUT2D eigenvalue weighted by atomic mass is 15.3. The lowest BCUT2D eigenvalue weighted by atomic mass is 10.1. The maximum Gasteiger partial charge on any atom is 0.239 e. The van der Waals surface area contributed by atoms with E-state index < -0.39 is 0 Å². The number of hydrogen-bond acceptors (Lipinski definition) is 5. The Bertz CT molecular complexity index is 321. The fraction of sp³-hybridized carbons (Fsp3) is 0.556. The number of hydrogen-bond donors (Lipinski definition) is 3. The minimum atomic E-state index is 0.441. The Kier molecular flexibility index (Phi) is 2.25. The molecule has 1 heterocycles. The molecule has 0 unspecified atom stereocenters. The Labute approximate surface area is 83.1 Å². The zero-order valence-corrected chi connectivity index (χ0v) is 8.25. The highest BCUT2D eigenvalue weighted by Crippen LogP contribution is 2.44. The van der Waals surface area contributed by atoms with Crippen LogP contribution in [0.25, 0.3) is 0 Å². The molecule has 0 bridgehead atoms. The molecule has 0 aliphatic heterocycles. The van der Waals surface area contributed by atoms with E-state index >= 15 is 0 Å². The summed E-state index contributed by atoms with van der Waals surface area (Å²) < 4.78 is 0. The summed E-state index contributed by atoms with van der Waals surface area (Å²) in [5.74, 6) is 6.47. The molecular weight excluding hydrogens is 178 g/mol. The van der Waals surface area contributed by atoms with Gasteiger partial charge in [-0.15, -0.1) is 0 Å². The van der Waals surface area contributed by atoms with Crippen molar-refractivity contribution in [1.29, 1.82) is 0 Å². The molecule has 0 aromatic carbocycles. The van der Waals surface area contributed by atoms with E-state index in [-0.39, 0.29) is 0 Å². The number of nitrogen functional groups attached to an aromatic ring is 1. The van der Waals surface area contributed by atoms with Gasteiger partial charge < -0.3 is 5.32 Å². The van der Waals surface area contributed by atoms with Crippen LogP contribution < -0.4 is 16.6 Å². The van der Waals surface area contributed by atoms with Crippen molar-refractivity contribution in [3.63, 3.8) is 0 Å². The van der Waals surface area contributed by atoms with Crippen molar-refractivity contribution >= 4 is 11.8 Å². The molecule has 76 valence electrons. The minimum absolute atomic E-state index is 0.441. The SMILES string of the molecule is CC1(CNc2ccnc(NN)n2)CC1. The normalized spacial score (nSPS) is 17.6. The van der Waals surface area contributed by atoms with E-state index in [0.29, 0.717) is 11.4 Å². The van der Waals surface area contributed by atoms with E-state index in [1.807, 2.05) is 6.07 Å². The molecule has 1 aromatic heterocycles. The predicted molar refractivity (Wildman–Crippen MR) is 55.7 cm³/mol. The van der Waals surface area contributed by atoms with E-state index in [2.05, 4.69) is 27.6 Å². The summed E-state index contributed by atoms with van der Waals surface area (Å²) in [6.07, 6.45) is 4.28. The lowest BCUT2D eigenvalue weighted by Crippen LogP contribution is -2.15. The topological polar surface area (TPSA) is 75.9 Å². The molecule has 0 radical (unpaired) electrons. The molecule has 0 spiro atoms. The van der Waals surface area contributed by atoms with Crippen molar-refractivity contribution in [1.82, 2.24) is 9.97 Å². The van der Waals surface area contributed by atoms with Gasteiger partial charge in [0.2, 0.25) is 5.95 Å². The van der Waals surface area contributed by atoms with Crippen LogP contribution in [0.2, 0.25) is 0 Å².